The number of rotatable bonds is 6. The first kappa shape index (κ1) is 16.2. The fourth-order valence-corrected chi connectivity index (χ4v) is 2.11. The molecule has 0 fully saturated rings. The van der Waals surface area contributed by atoms with Gasteiger partial charge in [0.25, 0.3) is 0 Å². The van der Waals surface area contributed by atoms with Gasteiger partial charge in [0.2, 0.25) is 5.91 Å². The molecule has 2 rings (SSSR count). The number of carbonyl (C=O) groups excluding carboxylic acids is 1. The van der Waals surface area contributed by atoms with Crippen molar-refractivity contribution in [3.63, 3.8) is 0 Å². The van der Waals surface area contributed by atoms with Crippen LogP contribution in [-0.2, 0) is 16.1 Å². The average Bonchev–Trinajstić information content (AvgIpc) is 2.55. The van der Waals surface area contributed by atoms with E-state index in [0.29, 0.717) is 6.61 Å². The molecule has 0 N–H and O–H groups in total. The van der Waals surface area contributed by atoms with Crippen molar-refractivity contribution in [3.05, 3.63) is 71.5 Å². The summed E-state index contributed by atoms with van der Waals surface area (Å²) in [7, 11) is 1.72. The van der Waals surface area contributed by atoms with Crippen molar-refractivity contribution >= 4 is 5.91 Å². The maximum absolute atomic E-state index is 12.9. The maximum atomic E-state index is 12.9. The summed E-state index contributed by atoms with van der Waals surface area (Å²) in [6, 6.07) is 15.8. The molecule has 0 aromatic heterocycles. The molecule has 0 saturated heterocycles. The van der Waals surface area contributed by atoms with Gasteiger partial charge in [0.05, 0.1) is 12.6 Å². The van der Waals surface area contributed by atoms with Gasteiger partial charge in [-0.3, -0.25) is 4.79 Å². The second kappa shape index (κ2) is 7.71. The Kier molecular flexibility index (Phi) is 5.67. The lowest BCUT2D eigenvalue weighted by molar-refractivity contribution is -0.137. The third-order valence-corrected chi connectivity index (χ3v) is 3.66. The summed E-state index contributed by atoms with van der Waals surface area (Å²) in [6.07, 6.45) is 0. The molecule has 0 aliphatic rings. The van der Waals surface area contributed by atoms with E-state index in [1.54, 1.807) is 24.1 Å². The molecule has 2 aromatic carbocycles. The van der Waals surface area contributed by atoms with E-state index in [1.165, 1.54) is 12.1 Å². The number of benzene rings is 2. The largest absolute Gasteiger partial charge is 0.367 e. The van der Waals surface area contributed by atoms with Gasteiger partial charge in [0, 0.05) is 7.05 Å². The molecule has 1 unspecified atom stereocenters. The van der Waals surface area contributed by atoms with Crippen LogP contribution >= 0.6 is 0 Å². The van der Waals surface area contributed by atoms with E-state index in [9.17, 15) is 9.18 Å². The Labute approximate surface area is 130 Å². The van der Waals surface area contributed by atoms with E-state index in [2.05, 4.69) is 0 Å². The highest BCUT2D eigenvalue weighted by molar-refractivity contribution is 5.77. The second-order valence-corrected chi connectivity index (χ2v) is 5.21. The van der Waals surface area contributed by atoms with Gasteiger partial charge in [-0.15, -0.1) is 0 Å². The molecule has 0 aliphatic heterocycles. The highest BCUT2D eigenvalue weighted by atomic mass is 19.1. The molecular weight excluding hydrogens is 281 g/mol. The summed E-state index contributed by atoms with van der Waals surface area (Å²) < 4.78 is 18.4. The first-order chi connectivity index (χ1) is 10.6. The first-order valence-electron chi connectivity index (χ1n) is 7.20. The second-order valence-electron chi connectivity index (χ2n) is 5.21. The number of carbonyl (C=O) groups is 1. The number of amides is 1. The number of halogens is 1. The Balaban J connectivity index is 1.84. The molecule has 116 valence electrons. The molecule has 0 bridgehead atoms. The number of hydrogen-bond donors (Lipinski definition) is 0. The third kappa shape index (κ3) is 4.40. The van der Waals surface area contributed by atoms with Crippen LogP contribution in [0.1, 0.15) is 24.1 Å². The van der Waals surface area contributed by atoms with E-state index in [4.69, 9.17) is 4.74 Å². The predicted molar refractivity (Wildman–Crippen MR) is 83.7 cm³/mol. The van der Waals surface area contributed by atoms with Gasteiger partial charge < -0.3 is 9.64 Å². The lowest BCUT2D eigenvalue weighted by Gasteiger charge is -2.25. The zero-order chi connectivity index (χ0) is 15.9. The highest BCUT2D eigenvalue weighted by Gasteiger charge is 2.17. The minimum atomic E-state index is -0.281. The molecular formula is C18H20FNO2. The third-order valence-electron chi connectivity index (χ3n) is 3.66. The Bertz CT molecular complexity index is 598. The van der Waals surface area contributed by atoms with Crippen molar-refractivity contribution < 1.29 is 13.9 Å². The van der Waals surface area contributed by atoms with Gasteiger partial charge in [-0.25, -0.2) is 4.39 Å². The van der Waals surface area contributed by atoms with Gasteiger partial charge in [-0.05, 0) is 30.2 Å². The minimum Gasteiger partial charge on any atom is -0.367 e. The molecule has 1 amide bonds. The van der Waals surface area contributed by atoms with Crippen LogP contribution in [0.4, 0.5) is 4.39 Å². The van der Waals surface area contributed by atoms with E-state index >= 15 is 0 Å². The molecule has 0 saturated carbocycles. The standard InChI is InChI=1S/C18H20FNO2/c1-14(16-8-10-17(19)11-9-16)20(2)18(21)13-22-12-15-6-4-3-5-7-15/h3-11,14H,12-13H2,1-2H3. The fourth-order valence-electron chi connectivity index (χ4n) is 2.11. The molecule has 1 atom stereocenters. The highest BCUT2D eigenvalue weighted by Crippen LogP contribution is 2.19. The van der Waals surface area contributed by atoms with Crippen LogP contribution in [0.2, 0.25) is 0 Å². The summed E-state index contributed by atoms with van der Waals surface area (Å²) >= 11 is 0. The van der Waals surface area contributed by atoms with Gasteiger partial charge >= 0.3 is 0 Å². The summed E-state index contributed by atoms with van der Waals surface area (Å²) in [4.78, 5) is 13.8. The van der Waals surface area contributed by atoms with Crippen molar-refractivity contribution in [2.24, 2.45) is 0 Å². The monoisotopic (exact) mass is 301 g/mol. The van der Waals surface area contributed by atoms with Crippen molar-refractivity contribution in [3.8, 4) is 0 Å². The Hall–Kier alpha value is -2.20. The predicted octanol–water partition coefficient (Wildman–Crippen LogP) is 3.56. The minimum absolute atomic E-state index is 0.0247. The molecule has 3 nitrogen and oxygen atoms in total. The van der Waals surface area contributed by atoms with Gasteiger partial charge in [-0.2, -0.15) is 0 Å². The molecule has 2 aromatic rings. The van der Waals surface area contributed by atoms with E-state index in [1.807, 2.05) is 37.3 Å². The molecule has 0 aliphatic carbocycles. The van der Waals surface area contributed by atoms with Crippen molar-refractivity contribution in [2.75, 3.05) is 13.7 Å². The average molecular weight is 301 g/mol. The normalized spacial score (nSPS) is 12.0. The van der Waals surface area contributed by atoms with Gasteiger partial charge in [-0.1, -0.05) is 42.5 Å². The van der Waals surface area contributed by atoms with Gasteiger partial charge in [0.15, 0.2) is 0 Å². The quantitative estimate of drug-likeness (QED) is 0.816. The maximum Gasteiger partial charge on any atom is 0.248 e. The molecule has 4 heteroatoms. The van der Waals surface area contributed by atoms with Gasteiger partial charge in [0.1, 0.15) is 12.4 Å². The molecule has 0 heterocycles. The Morgan fingerprint density at radius 1 is 1.14 bits per heavy atom. The van der Waals surface area contributed by atoms with Crippen molar-refractivity contribution in [2.45, 2.75) is 19.6 Å². The van der Waals surface area contributed by atoms with Crippen LogP contribution in [0, 0.1) is 5.82 Å². The SMILES string of the molecule is CC(c1ccc(F)cc1)N(C)C(=O)COCc1ccccc1. The van der Waals surface area contributed by atoms with E-state index in [0.717, 1.165) is 11.1 Å². The Morgan fingerprint density at radius 3 is 2.41 bits per heavy atom. The van der Waals surface area contributed by atoms with Crippen LogP contribution in [0.15, 0.2) is 54.6 Å². The fraction of sp³-hybridized carbons (Fsp3) is 0.278. The molecule has 0 spiro atoms. The van der Waals surface area contributed by atoms with E-state index < -0.39 is 0 Å². The van der Waals surface area contributed by atoms with Crippen LogP contribution < -0.4 is 0 Å². The lowest BCUT2D eigenvalue weighted by Crippen LogP contribution is -2.32. The zero-order valence-corrected chi connectivity index (χ0v) is 12.8. The van der Waals surface area contributed by atoms with Crippen LogP contribution in [-0.4, -0.2) is 24.5 Å². The molecule has 0 radical (unpaired) electrons. The molecule has 22 heavy (non-hydrogen) atoms. The number of likely N-dealkylation sites (N-methyl/N-ethyl adjacent to an activating group) is 1. The summed E-state index contributed by atoms with van der Waals surface area (Å²) in [5.41, 5.74) is 1.92. The number of hydrogen-bond acceptors (Lipinski definition) is 2. The topological polar surface area (TPSA) is 29.5 Å². The van der Waals surface area contributed by atoms with Crippen molar-refractivity contribution in [1.29, 1.82) is 0 Å². The van der Waals surface area contributed by atoms with E-state index in [-0.39, 0.29) is 24.4 Å². The summed E-state index contributed by atoms with van der Waals surface area (Å²) in [6.45, 7) is 2.34. The number of nitrogens with zero attached hydrogens (tertiary/aromatic N) is 1. The van der Waals surface area contributed by atoms with Crippen LogP contribution in [0.5, 0.6) is 0 Å². The first-order valence-corrected chi connectivity index (χ1v) is 7.20. The van der Waals surface area contributed by atoms with Crippen molar-refractivity contribution in [1.82, 2.24) is 4.90 Å². The lowest BCUT2D eigenvalue weighted by atomic mass is 10.1. The Morgan fingerprint density at radius 2 is 1.77 bits per heavy atom. The zero-order valence-electron chi connectivity index (χ0n) is 12.8. The van der Waals surface area contributed by atoms with Crippen LogP contribution in [0.25, 0.3) is 0 Å². The van der Waals surface area contributed by atoms with Crippen LogP contribution in [0.3, 0.4) is 0 Å². The summed E-state index contributed by atoms with van der Waals surface area (Å²) in [5.74, 6) is -0.385. The number of ether oxygens (including phenoxy) is 1. The summed E-state index contributed by atoms with van der Waals surface area (Å²) in [5, 5.41) is 0. The smallest absolute Gasteiger partial charge is 0.248 e.